The van der Waals surface area contributed by atoms with E-state index in [-0.39, 0.29) is 18.0 Å². The first-order chi connectivity index (χ1) is 8.90. The molecule has 0 aliphatic rings. The Kier molecular flexibility index (Phi) is 5.17. The molecule has 1 aromatic rings. The second kappa shape index (κ2) is 6.63. The molecule has 2 amide bonds. The van der Waals surface area contributed by atoms with Crippen molar-refractivity contribution in [1.29, 1.82) is 0 Å². The number of rotatable bonds is 6. The van der Waals surface area contributed by atoms with Crippen LogP contribution in [0.15, 0.2) is 18.2 Å². The van der Waals surface area contributed by atoms with E-state index in [9.17, 15) is 9.59 Å². The minimum atomic E-state index is -0.586. The number of primary amides is 1. The van der Waals surface area contributed by atoms with Crippen LogP contribution in [-0.2, 0) is 4.79 Å². The first-order valence-corrected chi connectivity index (χ1v) is 6.10. The normalized spacial score (nSPS) is 10.3. The number of benzene rings is 1. The lowest BCUT2D eigenvalue weighted by Crippen LogP contribution is -2.32. The van der Waals surface area contributed by atoms with Crippen LogP contribution in [0.1, 0.15) is 24.2 Å². The molecule has 6 N–H and O–H groups in total. The highest BCUT2D eigenvalue weighted by atomic mass is 16.2. The molecule has 0 heterocycles. The van der Waals surface area contributed by atoms with Gasteiger partial charge in [0.05, 0.1) is 12.1 Å². The molecule has 104 valence electrons. The summed E-state index contributed by atoms with van der Waals surface area (Å²) in [6.07, 6.45) is 0. The number of carbonyl (C=O) groups excluding carboxylic acids is 2. The highest BCUT2D eigenvalue weighted by Crippen LogP contribution is 2.18. The minimum Gasteiger partial charge on any atom is -0.399 e. The van der Waals surface area contributed by atoms with Gasteiger partial charge in [0, 0.05) is 17.9 Å². The number of hydrogen-bond acceptors (Lipinski definition) is 4. The van der Waals surface area contributed by atoms with Gasteiger partial charge >= 0.3 is 0 Å². The van der Waals surface area contributed by atoms with Crippen LogP contribution >= 0.6 is 0 Å². The molecule has 0 aromatic heterocycles. The van der Waals surface area contributed by atoms with Crippen molar-refractivity contribution in [3.63, 3.8) is 0 Å². The number of nitrogens with one attached hydrogen (secondary N) is 2. The molecule has 1 aromatic carbocycles. The first-order valence-electron chi connectivity index (χ1n) is 6.10. The Morgan fingerprint density at radius 3 is 2.58 bits per heavy atom. The van der Waals surface area contributed by atoms with Gasteiger partial charge in [0.25, 0.3) is 5.91 Å². The molecule has 6 nitrogen and oxygen atoms in total. The highest BCUT2D eigenvalue weighted by molar-refractivity contribution is 5.99. The monoisotopic (exact) mass is 264 g/mol. The molecule has 0 fully saturated rings. The summed E-state index contributed by atoms with van der Waals surface area (Å²) in [6, 6.07) is 4.75. The van der Waals surface area contributed by atoms with Crippen LogP contribution in [0.2, 0.25) is 0 Å². The molecule has 0 spiro atoms. The third kappa shape index (κ3) is 4.87. The average Bonchev–Trinajstić information content (AvgIpc) is 2.34. The molecule has 0 unspecified atom stereocenters. The maximum Gasteiger partial charge on any atom is 0.250 e. The van der Waals surface area contributed by atoms with Crippen molar-refractivity contribution in [3.05, 3.63) is 23.8 Å². The van der Waals surface area contributed by atoms with Gasteiger partial charge in [-0.15, -0.1) is 0 Å². The summed E-state index contributed by atoms with van der Waals surface area (Å²) in [6.45, 7) is 4.72. The fourth-order valence-electron chi connectivity index (χ4n) is 1.48. The van der Waals surface area contributed by atoms with Crippen molar-refractivity contribution in [2.75, 3.05) is 24.1 Å². The van der Waals surface area contributed by atoms with Gasteiger partial charge in [-0.3, -0.25) is 9.59 Å². The van der Waals surface area contributed by atoms with Crippen LogP contribution in [0.3, 0.4) is 0 Å². The van der Waals surface area contributed by atoms with Crippen LogP contribution in [0.4, 0.5) is 11.4 Å². The Balaban J connectivity index is 2.62. The molecular formula is C13H20N4O2. The van der Waals surface area contributed by atoms with Gasteiger partial charge in [-0.2, -0.15) is 0 Å². The predicted molar refractivity (Wildman–Crippen MR) is 75.7 cm³/mol. The summed E-state index contributed by atoms with van der Waals surface area (Å²) in [5.74, 6) is -0.333. The van der Waals surface area contributed by atoms with Crippen molar-refractivity contribution < 1.29 is 9.59 Å². The van der Waals surface area contributed by atoms with E-state index in [1.54, 1.807) is 12.1 Å². The maximum atomic E-state index is 11.6. The van der Waals surface area contributed by atoms with Crippen LogP contribution in [-0.4, -0.2) is 24.9 Å². The summed E-state index contributed by atoms with van der Waals surface area (Å²) in [5.41, 5.74) is 12.1. The zero-order valence-electron chi connectivity index (χ0n) is 11.2. The van der Waals surface area contributed by atoms with Gasteiger partial charge in [0.2, 0.25) is 5.91 Å². The van der Waals surface area contributed by atoms with Gasteiger partial charge < -0.3 is 22.1 Å². The molecule has 0 atom stereocenters. The quantitative estimate of drug-likeness (QED) is 0.562. The molecular weight excluding hydrogens is 244 g/mol. The van der Waals surface area contributed by atoms with Crippen LogP contribution in [0.5, 0.6) is 0 Å². The summed E-state index contributed by atoms with van der Waals surface area (Å²) in [7, 11) is 0. The zero-order valence-corrected chi connectivity index (χ0v) is 11.2. The summed E-state index contributed by atoms with van der Waals surface area (Å²) >= 11 is 0. The number of anilines is 2. The Hall–Kier alpha value is -2.24. The Bertz CT molecular complexity index is 472. The van der Waals surface area contributed by atoms with Crippen molar-refractivity contribution in [3.8, 4) is 0 Å². The first kappa shape index (κ1) is 14.8. The Morgan fingerprint density at radius 1 is 1.32 bits per heavy atom. The number of hydrogen-bond donors (Lipinski definition) is 4. The minimum absolute atomic E-state index is 0.0803. The maximum absolute atomic E-state index is 11.6. The van der Waals surface area contributed by atoms with E-state index in [1.807, 2.05) is 13.8 Å². The van der Waals surface area contributed by atoms with Crippen LogP contribution in [0.25, 0.3) is 0 Å². The number of nitrogen functional groups attached to an aromatic ring is 1. The fraction of sp³-hybridized carbons (Fsp3) is 0.385. The Morgan fingerprint density at radius 2 is 2.00 bits per heavy atom. The van der Waals surface area contributed by atoms with Gasteiger partial charge in [-0.25, -0.2) is 0 Å². The van der Waals surface area contributed by atoms with E-state index in [2.05, 4.69) is 10.6 Å². The molecule has 1 rings (SSSR count). The van der Waals surface area contributed by atoms with E-state index in [0.29, 0.717) is 23.8 Å². The van der Waals surface area contributed by atoms with E-state index >= 15 is 0 Å². The van der Waals surface area contributed by atoms with Gasteiger partial charge in [-0.05, 0) is 24.1 Å². The highest BCUT2D eigenvalue weighted by Gasteiger charge is 2.09. The zero-order chi connectivity index (χ0) is 14.4. The Labute approximate surface area is 112 Å². The number of carbonyl (C=O) groups is 2. The molecule has 0 radical (unpaired) electrons. The molecule has 0 aliphatic heterocycles. The number of nitrogens with two attached hydrogens (primary N) is 2. The summed E-state index contributed by atoms with van der Waals surface area (Å²) in [5, 5.41) is 5.65. The lowest BCUT2D eigenvalue weighted by molar-refractivity contribution is -0.119. The smallest absolute Gasteiger partial charge is 0.250 e. The lowest BCUT2D eigenvalue weighted by Gasteiger charge is -2.12. The van der Waals surface area contributed by atoms with Crippen molar-refractivity contribution in [1.82, 2.24) is 5.32 Å². The van der Waals surface area contributed by atoms with Crippen molar-refractivity contribution in [2.24, 2.45) is 11.7 Å². The van der Waals surface area contributed by atoms with Gasteiger partial charge in [0.1, 0.15) is 0 Å². The predicted octanol–water partition coefficient (Wildman–Crippen LogP) is 0.552. The van der Waals surface area contributed by atoms with E-state index in [4.69, 9.17) is 11.5 Å². The molecule has 19 heavy (non-hydrogen) atoms. The van der Waals surface area contributed by atoms with Crippen molar-refractivity contribution >= 4 is 23.2 Å². The summed E-state index contributed by atoms with van der Waals surface area (Å²) < 4.78 is 0. The average molecular weight is 264 g/mol. The standard InChI is InChI=1S/C13H20N4O2/c1-8(2)6-17-12(18)7-16-11-4-3-9(14)5-10(11)13(15)19/h3-5,8,16H,6-7,14H2,1-2H3,(H2,15,19)(H,17,18). The SMILES string of the molecule is CC(C)CNC(=O)CNc1ccc(N)cc1C(N)=O. The molecule has 0 aliphatic carbocycles. The van der Waals surface area contributed by atoms with Crippen LogP contribution in [0, 0.1) is 5.92 Å². The third-order valence-corrected chi connectivity index (χ3v) is 2.46. The summed E-state index contributed by atoms with van der Waals surface area (Å²) in [4.78, 5) is 22.8. The van der Waals surface area contributed by atoms with E-state index in [0.717, 1.165) is 0 Å². The number of amides is 2. The largest absolute Gasteiger partial charge is 0.399 e. The molecule has 0 bridgehead atoms. The molecule has 6 heteroatoms. The van der Waals surface area contributed by atoms with Crippen molar-refractivity contribution in [2.45, 2.75) is 13.8 Å². The van der Waals surface area contributed by atoms with Gasteiger partial charge in [0.15, 0.2) is 0 Å². The lowest BCUT2D eigenvalue weighted by atomic mass is 10.1. The molecule has 0 saturated carbocycles. The third-order valence-electron chi connectivity index (χ3n) is 2.46. The van der Waals surface area contributed by atoms with Gasteiger partial charge in [-0.1, -0.05) is 13.8 Å². The topological polar surface area (TPSA) is 110 Å². The molecule has 0 saturated heterocycles. The van der Waals surface area contributed by atoms with Crippen LogP contribution < -0.4 is 22.1 Å². The second-order valence-electron chi connectivity index (χ2n) is 4.72. The van der Waals surface area contributed by atoms with E-state index < -0.39 is 5.91 Å². The second-order valence-corrected chi connectivity index (χ2v) is 4.72. The fourth-order valence-corrected chi connectivity index (χ4v) is 1.48. The van der Waals surface area contributed by atoms with E-state index in [1.165, 1.54) is 6.07 Å².